The average molecular weight is 442 g/mol. The molecule has 1 aromatic heterocycles. The smallest absolute Gasteiger partial charge is 0.266 e. The molecule has 1 aliphatic heterocycles. The first kappa shape index (κ1) is 20.5. The van der Waals surface area contributed by atoms with Crippen molar-refractivity contribution in [3.05, 3.63) is 94.3 Å². The number of anilines is 1. The van der Waals surface area contributed by atoms with Crippen molar-refractivity contribution in [3.63, 3.8) is 0 Å². The minimum absolute atomic E-state index is 0.0266. The summed E-state index contributed by atoms with van der Waals surface area (Å²) < 4.78 is 1.64. The van der Waals surface area contributed by atoms with E-state index < -0.39 is 5.25 Å². The molecule has 0 saturated heterocycles. The number of hydrogen-bond donors (Lipinski definition) is 0. The molecule has 1 atom stereocenters. The maximum Gasteiger partial charge on any atom is 0.266 e. The fourth-order valence-corrected chi connectivity index (χ4v) is 5.20. The first-order valence-corrected chi connectivity index (χ1v) is 11.6. The van der Waals surface area contributed by atoms with Gasteiger partial charge in [-0.2, -0.15) is 0 Å². The minimum atomic E-state index is -0.399. The van der Waals surface area contributed by atoms with E-state index in [0.29, 0.717) is 22.6 Å². The summed E-state index contributed by atoms with van der Waals surface area (Å²) in [5.41, 5.74) is 4.44. The molecule has 3 aromatic carbocycles. The predicted octanol–water partition coefficient (Wildman–Crippen LogP) is 4.76. The molecule has 0 radical (unpaired) electrons. The van der Waals surface area contributed by atoms with Crippen LogP contribution in [0.4, 0.5) is 5.69 Å². The fourth-order valence-electron chi connectivity index (χ4n) is 4.21. The molecule has 0 N–H and O–H groups in total. The van der Waals surface area contributed by atoms with Crippen LogP contribution in [0.25, 0.3) is 16.6 Å². The summed E-state index contributed by atoms with van der Waals surface area (Å²) in [6.07, 6.45) is 0.863. The summed E-state index contributed by atoms with van der Waals surface area (Å²) in [5.74, 6) is 0.0266. The van der Waals surface area contributed by atoms with Crippen LogP contribution in [-0.2, 0) is 11.2 Å². The highest BCUT2D eigenvalue weighted by atomic mass is 32.2. The lowest BCUT2D eigenvalue weighted by molar-refractivity contribution is -0.117. The minimum Gasteiger partial charge on any atom is -0.311 e. The number of hydrogen-bond acceptors (Lipinski definition) is 4. The number of fused-ring (bicyclic) bond motifs is 2. The van der Waals surface area contributed by atoms with E-state index in [1.54, 1.807) is 10.6 Å². The van der Waals surface area contributed by atoms with Crippen LogP contribution in [0.15, 0.2) is 82.7 Å². The molecule has 0 fully saturated rings. The van der Waals surface area contributed by atoms with E-state index in [-0.39, 0.29) is 11.5 Å². The van der Waals surface area contributed by atoms with E-state index in [4.69, 9.17) is 4.98 Å². The van der Waals surface area contributed by atoms with E-state index in [9.17, 15) is 9.59 Å². The SMILES string of the molecule is Cc1ccccc1-n1c(SC(C)C(=O)N2CCc3ccccc32)nc2ccccc2c1=O. The van der Waals surface area contributed by atoms with Crippen molar-refractivity contribution in [2.24, 2.45) is 0 Å². The van der Waals surface area contributed by atoms with Gasteiger partial charge >= 0.3 is 0 Å². The Balaban J connectivity index is 1.57. The van der Waals surface area contributed by atoms with Gasteiger partial charge < -0.3 is 4.90 Å². The molecule has 32 heavy (non-hydrogen) atoms. The van der Waals surface area contributed by atoms with Gasteiger partial charge in [0.05, 0.1) is 21.8 Å². The lowest BCUT2D eigenvalue weighted by Crippen LogP contribution is -2.35. The number of aryl methyl sites for hydroxylation is 1. The summed E-state index contributed by atoms with van der Waals surface area (Å²) in [5, 5.41) is 0.688. The van der Waals surface area contributed by atoms with Gasteiger partial charge in [0.1, 0.15) is 0 Å². The first-order valence-electron chi connectivity index (χ1n) is 10.7. The Morgan fingerprint density at radius 2 is 1.66 bits per heavy atom. The Labute approximate surface area is 190 Å². The van der Waals surface area contributed by atoms with E-state index >= 15 is 0 Å². The van der Waals surface area contributed by atoms with Gasteiger partial charge in [-0.05, 0) is 55.7 Å². The molecule has 4 aromatic rings. The number of benzene rings is 3. The molecule has 0 saturated carbocycles. The third kappa shape index (κ3) is 3.50. The Hall–Kier alpha value is -3.38. The van der Waals surface area contributed by atoms with Crippen LogP contribution in [0.2, 0.25) is 0 Å². The molecule has 0 spiro atoms. The van der Waals surface area contributed by atoms with Crippen molar-refractivity contribution in [1.29, 1.82) is 0 Å². The Bertz CT molecular complexity index is 1400. The summed E-state index contributed by atoms with van der Waals surface area (Å²) >= 11 is 1.33. The van der Waals surface area contributed by atoms with Crippen LogP contribution in [-0.4, -0.2) is 27.3 Å². The first-order chi connectivity index (χ1) is 15.5. The number of rotatable bonds is 4. The van der Waals surface area contributed by atoms with Crippen LogP contribution >= 0.6 is 11.8 Å². The zero-order valence-electron chi connectivity index (χ0n) is 18.0. The van der Waals surface area contributed by atoms with Gasteiger partial charge in [0.15, 0.2) is 5.16 Å². The number of carbonyl (C=O) groups excluding carboxylic acids is 1. The van der Waals surface area contributed by atoms with Gasteiger partial charge in [0.2, 0.25) is 5.91 Å². The van der Waals surface area contributed by atoms with Gasteiger partial charge in [0.25, 0.3) is 5.56 Å². The van der Waals surface area contributed by atoms with Crippen molar-refractivity contribution in [1.82, 2.24) is 9.55 Å². The lowest BCUT2D eigenvalue weighted by atomic mass is 10.2. The van der Waals surface area contributed by atoms with Crippen LogP contribution in [0.5, 0.6) is 0 Å². The summed E-state index contributed by atoms with van der Waals surface area (Å²) in [4.78, 5) is 33.5. The summed E-state index contributed by atoms with van der Waals surface area (Å²) in [7, 11) is 0. The second-order valence-electron chi connectivity index (χ2n) is 7.97. The largest absolute Gasteiger partial charge is 0.311 e. The van der Waals surface area contributed by atoms with Crippen molar-refractivity contribution >= 4 is 34.3 Å². The average Bonchev–Trinajstić information content (AvgIpc) is 3.24. The highest BCUT2D eigenvalue weighted by Gasteiger charge is 2.29. The third-order valence-electron chi connectivity index (χ3n) is 5.88. The molecular formula is C26H23N3O2S. The molecule has 1 aliphatic rings. The van der Waals surface area contributed by atoms with E-state index in [1.807, 2.05) is 79.4 Å². The standard InChI is InChI=1S/C26H23N3O2S/c1-17-9-3-7-13-22(17)29-25(31)20-11-5-6-12-21(20)27-26(29)32-18(2)24(30)28-16-15-19-10-4-8-14-23(19)28/h3-14,18H,15-16H2,1-2H3. The van der Waals surface area contributed by atoms with Crippen molar-refractivity contribution in [3.8, 4) is 5.69 Å². The van der Waals surface area contributed by atoms with Crippen molar-refractivity contribution < 1.29 is 4.79 Å². The molecule has 160 valence electrons. The maximum absolute atomic E-state index is 13.5. The Kier molecular flexibility index (Phi) is 5.31. The molecule has 0 aliphatic carbocycles. The van der Waals surface area contributed by atoms with E-state index in [2.05, 4.69) is 6.07 Å². The molecule has 0 bridgehead atoms. The third-order valence-corrected chi connectivity index (χ3v) is 6.92. The number of carbonyl (C=O) groups is 1. The second-order valence-corrected chi connectivity index (χ2v) is 9.28. The van der Waals surface area contributed by atoms with Crippen molar-refractivity contribution in [2.45, 2.75) is 30.7 Å². The number of nitrogens with zero attached hydrogens (tertiary/aromatic N) is 3. The molecule has 6 heteroatoms. The summed E-state index contributed by atoms with van der Waals surface area (Å²) in [6.45, 7) is 4.54. The van der Waals surface area contributed by atoms with Gasteiger partial charge in [-0.1, -0.05) is 60.3 Å². The predicted molar refractivity (Wildman–Crippen MR) is 130 cm³/mol. The zero-order chi connectivity index (χ0) is 22.2. The molecule has 5 nitrogen and oxygen atoms in total. The van der Waals surface area contributed by atoms with Crippen LogP contribution < -0.4 is 10.5 Å². The highest BCUT2D eigenvalue weighted by molar-refractivity contribution is 8.00. The fraction of sp³-hybridized carbons (Fsp3) is 0.192. The zero-order valence-corrected chi connectivity index (χ0v) is 18.8. The van der Waals surface area contributed by atoms with Crippen LogP contribution in [0, 0.1) is 6.92 Å². The topological polar surface area (TPSA) is 55.2 Å². The van der Waals surface area contributed by atoms with Crippen LogP contribution in [0.1, 0.15) is 18.1 Å². The molecule has 5 rings (SSSR count). The second kappa shape index (κ2) is 8.28. The highest BCUT2D eigenvalue weighted by Crippen LogP contribution is 2.32. The van der Waals surface area contributed by atoms with E-state index in [1.165, 1.54) is 17.3 Å². The monoisotopic (exact) mass is 441 g/mol. The maximum atomic E-state index is 13.5. The number of amides is 1. The molecule has 1 unspecified atom stereocenters. The summed E-state index contributed by atoms with van der Waals surface area (Å²) in [6, 6.07) is 23.1. The van der Waals surface area contributed by atoms with Gasteiger partial charge in [-0.15, -0.1) is 0 Å². The normalized spacial score (nSPS) is 13.9. The Morgan fingerprint density at radius 3 is 2.47 bits per heavy atom. The van der Waals surface area contributed by atoms with Gasteiger partial charge in [0, 0.05) is 12.2 Å². The van der Waals surface area contributed by atoms with Gasteiger partial charge in [-0.3, -0.25) is 14.2 Å². The molecule has 2 heterocycles. The van der Waals surface area contributed by atoms with Crippen molar-refractivity contribution in [2.75, 3.05) is 11.4 Å². The number of thioether (sulfide) groups is 1. The number of aromatic nitrogens is 2. The quantitative estimate of drug-likeness (QED) is 0.338. The number of para-hydroxylation sites is 3. The van der Waals surface area contributed by atoms with E-state index in [0.717, 1.165) is 23.4 Å². The van der Waals surface area contributed by atoms with Gasteiger partial charge in [-0.25, -0.2) is 4.98 Å². The Morgan fingerprint density at radius 1 is 0.969 bits per heavy atom. The molecular weight excluding hydrogens is 418 g/mol. The van der Waals surface area contributed by atoms with Crippen LogP contribution in [0.3, 0.4) is 0 Å². The lowest BCUT2D eigenvalue weighted by Gasteiger charge is -2.22. The molecule has 1 amide bonds.